The summed E-state index contributed by atoms with van der Waals surface area (Å²) in [6.07, 6.45) is 1.77. The summed E-state index contributed by atoms with van der Waals surface area (Å²) in [5.74, 6) is 0. The average Bonchev–Trinajstić information content (AvgIpc) is 2.03. The normalized spacial score (nSPS) is 11.4. The van der Waals surface area contributed by atoms with E-state index in [4.69, 9.17) is 5.41 Å². The second-order valence-electron chi connectivity index (χ2n) is 4.30. The second-order valence-corrected chi connectivity index (χ2v) is 4.30. The molecule has 0 aromatic carbocycles. The second kappa shape index (κ2) is 3.29. The molecule has 0 amide bonds. The van der Waals surface area contributed by atoms with Crippen molar-refractivity contribution in [3.8, 4) is 0 Å². The van der Waals surface area contributed by atoms with Gasteiger partial charge in [0.15, 0.2) is 0 Å². The largest absolute Gasteiger partial charge is 0.303 e. The fourth-order valence-corrected chi connectivity index (χ4v) is 1.10. The molecule has 0 bridgehead atoms. The quantitative estimate of drug-likeness (QED) is 0.656. The van der Waals surface area contributed by atoms with Crippen LogP contribution in [0.1, 0.15) is 39.0 Å². The van der Waals surface area contributed by atoms with E-state index in [1.807, 2.05) is 12.1 Å². The van der Waals surface area contributed by atoms with Crippen LogP contribution in [0.15, 0.2) is 18.3 Å². The maximum absolute atomic E-state index is 7.47. The number of rotatable bonds is 1. The Morgan fingerprint density at radius 1 is 1.38 bits per heavy atom. The monoisotopic (exact) mass is 176 g/mol. The predicted molar refractivity (Wildman–Crippen MR) is 55.4 cm³/mol. The summed E-state index contributed by atoms with van der Waals surface area (Å²) in [5, 5.41) is 7.47. The third-order valence-corrected chi connectivity index (χ3v) is 2.01. The third-order valence-electron chi connectivity index (χ3n) is 2.01. The molecule has 0 saturated carbocycles. The molecule has 1 aromatic rings. The van der Waals surface area contributed by atoms with Gasteiger partial charge < -0.3 is 5.41 Å². The van der Waals surface area contributed by atoms with Gasteiger partial charge in [0.25, 0.3) is 0 Å². The summed E-state index contributed by atoms with van der Waals surface area (Å²) in [7, 11) is 0. The van der Waals surface area contributed by atoms with Crippen molar-refractivity contribution in [3.05, 3.63) is 29.6 Å². The van der Waals surface area contributed by atoms with E-state index < -0.39 is 0 Å². The van der Waals surface area contributed by atoms with E-state index in [1.165, 1.54) is 5.56 Å². The van der Waals surface area contributed by atoms with E-state index in [0.29, 0.717) is 5.71 Å². The molecule has 1 heterocycles. The van der Waals surface area contributed by atoms with Crippen molar-refractivity contribution in [1.82, 2.24) is 4.98 Å². The summed E-state index contributed by atoms with van der Waals surface area (Å²) >= 11 is 0. The molecule has 2 heteroatoms. The number of aromatic nitrogens is 1. The first-order valence-electron chi connectivity index (χ1n) is 4.43. The van der Waals surface area contributed by atoms with Crippen molar-refractivity contribution in [2.45, 2.75) is 33.1 Å². The fourth-order valence-electron chi connectivity index (χ4n) is 1.10. The molecule has 13 heavy (non-hydrogen) atoms. The van der Waals surface area contributed by atoms with Crippen molar-refractivity contribution in [3.63, 3.8) is 0 Å². The molecule has 1 N–H and O–H groups in total. The van der Waals surface area contributed by atoms with E-state index in [1.54, 1.807) is 13.1 Å². The molecule has 0 radical (unpaired) electrons. The highest BCUT2D eigenvalue weighted by Gasteiger charge is 2.14. The summed E-state index contributed by atoms with van der Waals surface area (Å²) in [6, 6.07) is 3.99. The molecular weight excluding hydrogens is 160 g/mol. The molecule has 2 nitrogen and oxygen atoms in total. The standard InChI is InChI=1S/C11H16N2/c1-8(12)10-7-9(5-6-13-10)11(2,3)4/h5-7,12H,1-4H3. The Hall–Kier alpha value is -1.18. The van der Waals surface area contributed by atoms with Crippen LogP contribution in [0.3, 0.4) is 0 Å². The Balaban J connectivity index is 3.13. The molecule has 0 aliphatic carbocycles. The zero-order valence-corrected chi connectivity index (χ0v) is 8.68. The van der Waals surface area contributed by atoms with Gasteiger partial charge in [0.1, 0.15) is 0 Å². The lowest BCUT2D eigenvalue weighted by molar-refractivity contribution is 0.589. The molecule has 0 unspecified atom stereocenters. The maximum atomic E-state index is 7.47. The van der Waals surface area contributed by atoms with Crippen molar-refractivity contribution in [2.75, 3.05) is 0 Å². The van der Waals surface area contributed by atoms with Crippen LogP contribution >= 0.6 is 0 Å². The van der Waals surface area contributed by atoms with Gasteiger partial charge in [-0.3, -0.25) is 4.98 Å². The molecule has 0 saturated heterocycles. The van der Waals surface area contributed by atoms with Crippen LogP contribution in [0, 0.1) is 5.41 Å². The smallest absolute Gasteiger partial charge is 0.0837 e. The average molecular weight is 176 g/mol. The summed E-state index contributed by atoms with van der Waals surface area (Å²) in [6.45, 7) is 8.23. The van der Waals surface area contributed by atoms with Gasteiger partial charge in [-0.15, -0.1) is 0 Å². The van der Waals surface area contributed by atoms with E-state index in [0.717, 1.165) is 5.69 Å². The molecule has 0 fully saturated rings. The maximum Gasteiger partial charge on any atom is 0.0837 e. The van der Waals surface area contributed by atoms with Crippen LogP contribution in [0.4, 0.5) is 0 Å². The number of pyridine rings is 1. The number of nitrogens with one attached hydrogen (secondary N) is 1. The SMILES string of the molecule is CC(=N)c1cc(C(C)(C)C)ccn1. The minimum absolute atomic E-state index is 0.132. The molecule has 0 spiro atoms. The Morgan fingerprint density at radius 2 is 2.00 bits per heavy atom. The lowest BCUT2D eigenvalue weighted by Gasteiger charge is -2.19. The van der Waals surface area contributed by atoms with Gasteiger partial charge >= 0.3 is 0 Å². The van der Waals surface area contributed by atoms with E-state index in [9.17, 15) is 0 Å². The van der Waals surface area contributed by atoms with Crippen molar-refractivity contribution in [1.29, 1.82) is 5.41 Å². The first-order valence-corrected chi connectivity index (χ1v) is 4.43. The predicted octanol–water partition coefficient (Wildman–Crippen LogP) is 2.77. The van der Waals surface area contributed by atoms with Crippen LogP contribution in [0.25, 0.3) is 0 Å². The Kier molecular flexibility index (Phi) is 2.50. The zero-order valence-electron chi connectivity index (χ0n) is 8.68. The first-order chi connectivity index (χ1) is 5.91. The van der Waals surface area contributed by atoms with E-state index in [-0.39, 0.29) is 5.41 Å². The molecule has 1 aromatic heterocycles. The van der Waals surface area contributed by atoms with Crippen molar-refractivity contribution < 1.29 is 0 Å². The van der Waals surface area contributed by atoms with Crippen LogP contribution in [0.5, 0.6) is 0 Å². The molecule has 0 atom stereocenters. The van der Waals surface area contributed by atoms with Gasteiger partial charge in [0, 0.05) is 6.20 Å². The Bertz CT molecular complexity index is 321. The van der Waals surface area contributed by atoms with Gasteiger partial charge in [0.05, 0.1) is 11.4 Å². The van der Waals surface area contributed by atoms with Gasteiger partial charge in [-0.05, 0) is 30.0 Å². The van der Waals surface area contributed by atoms with Crippen molar-refractivity contribution >= 4 is 5.71 Å². The highest BCUT2D eigenvalue weighted by molar-refractivity contribution is 5.94. The number of hydrogen-bond acceptors (Lipinski definition) is 2. The van der Waals surface area contributed by atoms with Gasteiger partial charge in [-0.1, -0.05) is 20.8 Å². The lowest BCUT2D eigenvalue weighted by Crippen LogP contribution is -2.12. The Labute approximate surface area is 79.5 Å². The highest BCUT2D eigenvalue weighted by Crippen LogP contribution is 2.21. The molecule has 0 aliphatic rings. The van der Waals surface area contributed by atoms with E-state index in [2.05, 4.69) is 25.8 Å². The zero-order chi connectivity index (χ0) is 10.1. The van der Waals surface area contributed by atoms with Crippen LogP contribution < -0.4 is 0 Å². The lowest BCUT2D eigenvalue weighted by atomic mass is 9.87. The molecule has 0 aliphatic heterocycles. The summed E-state index contributed by atoms with van der Waals surface area (Å²) in [4.78, 5) is 4.13. The summed E-state index contributed by atoms with van der Waals surface area (Å²) in [5.41, 5.74) is 2.65. The van der Waals surface area contributed by atoms with E-state index >= 15 is 0 Å². The third kappa shape index (κ3) is 2.38. The highest BCUT2D eigenvalue weighted by atomic mass is 14.7. The van der Waals surface area contributed by atoms with Crippen LogP contribution in [-0.2, 0) is 5.41 Å². The topological polar surface area (TPSA) is 36.7 Å². The first kappa shape index (κ1) is 9.90. The number of hydrogen-bond donors (Lipinski definition) is 1. The minimum atomic E-state index is 0.132. The molecular formula is C11H16N2. The van der Waals surface area contributed by atoms with Crippen LogP contribution in [-0.4, -0.2) is 10.7 Å². The van der Waals surface area contributed by atoms with Gasteiger partial charge in [-0.25, -0.2) is 0 Å². The minimum Gasteiger partial charge on any atom is -0.303 e. The van der Waals surface area contributed by atoms with Gasteiger partial charge in [0.2, 0.25) is 0 Å². The van der Waals surface area contributed by atoms with Gasteiger partial charge in [-0.2, -0.15) is 0 Å². The summed E-state index contributed by atoms with van der Waals surface area (Å²) < 4.78 is 0. The molecule has 1 rings (SSSR count). The van der Waals surface area contributed by atoms with Crippen molar-refractivity contribution in [2.24, 2.45) is 0 Å². The Morgan fingerprint density at radius 3 is 2.46 bits per heavy atom. The number of nitrogens with zero attached hydrogens (tertiary/aromatic N) is 1. The van der Waals surface area contributed by atoms with Crippen LogP contribution in [0.2, 0.25) is 0 Å². The fraction of sp³-hybridized carbons (Fsp3) is 0.455. The molecule has 70 valence electrons.